The van der Waals surface area contributed by atoms with Crippen molar-refractivity contribution in [1.82, 2.24) is 4.58 Å². The number of hydrogen-bond acceptors (Lipinski definition) is 3. The summed E-state index contributed by atoms with van der Waals surface area (Å²) in [4.78, 5) is 5.54. The first-order chi connectivity index (χ1) is 12.1. The van der Waals surface area contributed by atoms with Crippen LogP contribution in [0.25, 0.3) is 0 Å². The Morgan fingerprint density at radius 3 is 2.52 bits per heavy atom. The average molecular weight is 399 g/mol. The van der Waals surface area contributed by atoms with E-state index in [1.807, 2.05) is 36.4 Å². The van der Waals surface area contributed by atoms with Gasteiger partial charge in [-0.05, 0) is 48.1 Å². The maximum atomic E-state index is 6.57. The van der Waals surface area contributed by atoms with Crippen LogP contribution in [-0.2, 0) is 10.3 Å². The molecule has 1 saturated carbocycles. The van der Waals surface area contributed by atoms with E-state index in [9.17, 15) is 0 Å². The Labute approximate surface area is 162 Å². The number of rotatable bonds is 5. The lowest BCUT2D eigenvalue weighted by molar-refractivity contribution is -0.0295. The molecule has 6 heteroatoms. The van der Waals surface area contributed by atoms with Crippen molar-refractivity contribution >= 4 is 35.0 Å². The Morgan fingerprint density at radius 1 is 1.12 bits per heavy atom. The van der Waals surface area contributed by atoms with Gasteiger partial charge in [0.25, 0.3) is 0 Å². The van der Waals surface area contributed by atoms with Gasteiger partial charge in [-0.25, -0.2) is 0 Å². The number of benzene rings is 2. The molecule has 4 rings (SSSR count). The van der Waals surface area contributed by atoms with Crippen LogP contribution in [0.4, 0.5) is 0 Å². The smallest absolute Gasteiger partial charge is 0.119 e. The molecule has 1 atom stereocenters. The molecule has 0 amide bonds. The standard InChI is InChI=1S/C19H18Cl3NO2/c20-17-9-18(21)16(8-15(17)13-6-7-13)19(10-23(22)25-12-19)11-24-14-4-2-1-3-5-14/h1-5,8-9,13H,6-7,10-12H2. The van der Waals surface area contributed by atoms with Gasteiger partial charge in [0.05, 0.1) is 18.6 Å². The molecule has 1 saturated heterocycles. The molecule has 1 heterocycles. The quantitative estimate of drug-likeness (QED) is 0.613. The molecule has 2 aromatic rings. The Kier molecular flexibility index (Phi) is 4.87. The van der Waals surface area contributed by atoms with Gasteiger partial charge in [0, 0.05) is 21.8 Å². The van der Waals surface area contributed by atoms with Gasteiger partial charge in [-0.3, -0.25) is 4.84 Å². The first-order valence-electron chi connectivity index (χ1n) is 8.31. The fraction of sp³-hybridized carbons (Fsp3) is 0.368. The monoisotopic (exact) mass is 397 g/mol. The second-order valence-corrected chi connectivity index (χ2v) is 7.95. The van der Waals surface area contributed by atoms with Crippen molar-refractivity contribution in [3.05, 3.63) is 63.6 Å². The topological polar surface area (TPSA) is 21.7 Å². The second-order valence-electron chi connectivity index (χ2n) is 6.76. The zero-order valence-electron chi connectivity index (χ0n) is 13.6. The van der Waals surface area contributed by atoms with Crippen LogP contribution in [-0.4, -0.2) is 24.3 Å². The predicted molar refractivity (Wildman–Crippen MR) is 101 cm³/mol. The highest BCUT2D eigenvalue weighted by Crippen LogP contribution is 2.47. The van der Waals surface area contributed by atoms with Gasteiger partial charge < -0.3 is 4.74 Å². The molecule has 0 N–H and O–H groups in total. The van der Waals surface area contributed by atoms with E-state index in [0.29, 0.717) is 30.7 Å². The van der Waals surface area contributed by atoms with Crippen molar-refractivity contribution in [3.8, 4) is 5.75 Å². The molecule has 0 aromatic heterocycles. The van der Waals surface area contributed by atoms with Gasteiger partial charge in [-0.2, -0.15) is 0 Å². The van der Waals surface area contributed by atoms with E-state index < -0.39 is 5.41 Å². The maximum absolute atomic E-state index is 6.57. The average Bonchev–Trinajstić information content (AvgIpc) is 3.37. The molecule has 3 nitrogen and oxygen atoms in total. The van der Waals surface area contributed by atoms with E-state index in [2.05, 4.69) is 6.07 Å². The minimum Gasteiger partial charge on any atom is -0.493 e. The summed E-state index contributed by atoms with van der Waals surface area (Å²) in [7, 11) is 0. The van der Waals surface area contributed by atoms with Crippen molar-refractivity contribution in [2.75, 3.05) is 19.8 Å². The number of para-hydroxylation sites is 1. The zero-order chi connectivity index (χ0) is 17.4. The van der Waals surface area contributed by atoms with Gasteiger partial charge in [-0.1, -0.05) is 52.0 Å². The molecule has 2 aliphatic rings. The molecular formula is C19H18Cl3NO2. The zero-order valence-corrected chi connectivity index (χ0v) is 15.8. The minimum atomic E-state index is -0.442. The molecule has 2 fully saturated rings. The van der Waals surface area contributed by atoms with Crippen LogP contribution < -0.4 is 4.74 Å². The lowest BCUT2D eigenvalue weighted by Gasteiger charge is -2.29. The fourth-order valence-electron chi connectivity index (χ4n) is 3.27. The number of hydroxylamine groups is 1. The van der Waals surface area contributed by atoms with Crippen molar-refractivity contribution in [1.29, 1.82) is 0 Å². The predicted octanol–water partition coefficient (Wildman–Crippen LogP) is 5.59. The van der Waals surface area contributed by atoms with Gasteiger partial charge in [-0.15, -0.1) is 0 Å². The van der Waals surface area contributed by atoms with E-state index in [1.54, 1.807) is 0 Å². The Balaban J connectivity index is 1.68. The molecule has 0 bridgehead atoms. The van der Waals surface area contributed by atoms with E-state index in [0.717, 1.165) is 21.9 Å². The van der Waals surface area contributed by atoms with Crippen LogP contribution in [0, 0.1) is 0 Å². The summed E-state index contributed by atoms with van der Waals surface area (Å²) in [6, 6.07) is 13.7. The van der Waals surface area contributed by atoms with Gasteiger partial charge in [0.1, 0.15) is 12.4 Å². The third-order valence-corrected chi connectivity index (χ3v) is 5.70. The van der Waals surface area contributed by atoms with Crippen LogP contribution in [0.2, 0.25) is 10.0 Å². The summed E-state index contributed by atoms with van der Waals surface area (Å²) in [5.74, 6) is 1.34. The Bertz CT molecular complexity index is 767. The molecular weight excluding hydrogens is 381 g/mol. The van der Waals surface area contributed by atoms with Crippen molar-refractivity contribution < 1.29 is 9.57 Å². The van der Waals surface area contributed by atoms with Crippen molar-refractivity contribution in [2.45, 2.75) is 24.2 Å². The van der Waals surface area contributed by atoms with E-state index in [4.69, 9.17) is 44.6 Å². The molecule has 25 heavy (non-hydrogen) atoms. The Hall–Kier alpha value is -0.970. The van der Waals surface area contributed by atoms with Crippen molar-refractivity contribution in [3.63, 3.8) is 0 Å². The van der Waals surface area contributed by atoms with E-state index in [-0.39, 0.29) is 0 Å². The summed E-state index contributed by atoms with van der Waals surface area (Å²) in [6.45, 7) is 1.33. The summed E-state index contributed by atoms with van der Waals surface area (Å²) in [5.41, 5.74) is 1.70. The van der Waals surface area contributed by atoms with E-state index >= 15 is 0 Å². The van der Waals surface area contributed by atoms with Crippen LogP contribution in [0.5, 0.6) is 5.75 Å². The lowest BCUT2D eigenvalue weighted by atomic mass is 9.81. The summed E-state index contributed by atoms with van der Waals surface area (Å²) in [5, 5.41) is 1.36. The molecule has 0 spiro atoms. The molecule has 2 aromatic carbocycles. The first kappa shape index (κ1) is 17.4. The summed E-state index contributed by atoms with van der Waals surface area (Å²) in [6.07, 6.45) is 2.35. The first-order valence-corrected chi connectivity index (χ1v) is 9.40. The van der Waals surface area contributed by atoms with Crippen LogP contribution in [0.3, 0.4) is 0 Å². The third-order valence-electron chi connectivity index (χ3n) is 4.84. The third kappa shape index (κ3) is 3.62. The number of hydrogen-bond donors (Lipinski definition) is 0. The highest BCUT2D eigenvalue weighted by atomic mass is 35.5. The molecule has 132 valence electrons. The number of ether oxygens (including phenoxy) is 1. The lowest BCUT2D eigenvalue weighted by Crippen LogP contribution is -2.38. The largest absolute Gasteiger partial charge is 0.493 e. The van der Waals surface area contributed by atoms with Gasteiger partial charge in [0.15, 0.2) is 0 Å². The SMILES string of the molecule is Clc1cc(Cl)c(C2(COc3ccccc3)CON(Cl)C2)cc1C1CC1. The molecule has 1 unspecified atom stereocenters. The van der Waals surface area contributed by atoms with Crippen molar-refractivity contribution in [2.24, 2.45) is 0 Å². The maximum Gasteiger partial charge on any atom is 0.119 e. The molecule has 0 radical (unpaired) electrons. The fourth-order valence-corrected chi connectivity index (χ4v) is 4.28. The van der Waals surface area contributed by atoms with E-state index in [1.165, 1.54) is 17.4 Å². The number of halogens is 3. The Morgan fingerprint density at radius 2 is 1.88 bits per heavy atom. The molecule has 1 aliphatic carbocycles. The van der Waals surface area contributed by atoms with Crippen LogP contribution >= 0.6 is 35.0 Å². The highest BCUT2D eigenvalue weighted by molar-refractivity contribution is 6.35. The van der Waals surface area contributed by atoms with Crippen LogP contribution in [0.15, 0.2) is 42.5 Å². The minimum absolute atomic E-state index is 0.412. The van der Waals surface area contributed by atoms with Gasteiger partial charge in [0.2, 0.25) is 0 Å². The highest BCUT2D eigenvalue weighted by Gasteiger charge is 2.44. The summed E-state index contributed by atoms with van der Waals surface area (Å²) < 4.78 is 7.37. The molecule has 1 aliphatic heterocycles. The van der Waals surface area contributed by atoms with Crippen LogP contribution in [0.1, 0.15) is 29.9 Å². The number of nitrogens with zero attached hydrogens (tertiary/aromatic N) is 1. The normalized spacial score (nSPS) is 23.8. The van der Waals surface area contributed by atoms with Gasteiger partial charge >= 0.3 is 0 Å². The summed E-state index contributed by atoms with van der Waals surface area (Å²) >= 11 is 19.1. The second kappa shape index (κ2) is 6.98.